The Morgan fingerprint density at radius 3 is 2.50 bits per heavy atom. The van der Waals surface area contributed by atoms with Crippen LogP contribution in [0.15, 0.2) is 0 Å². The molecule has 0 aliphatic heterocycles. The van der Waals surface area contributed by atoms with Crippen molar-refractivity contribution in [2.24, 2.45) is 5.73 Å². The summed E-state index contributed by atoms with van der Waals surface area (Å²) < 4.78 is 26.0. The van der Waals surface area contributed by atoms with E-state index in [0.29, 0.717) is 0 Å². The van der Waals surface area contributed by atoms with Gasteiger partial charge in [0.15, 0.2) is 0 Å². The SMILES string of the molecule is NC(COC(F)F)C(=O)O. The maximum absolute atomic E-state index is 11.2. The van der Waals surface area contributed by atoms with Gasteiger partial charge in [0.2, 0.25) is 0 Å². The molecule has 0 aliphatic carbocycles. The van der Waals surface area contributed by atoms with Gasteiger partial charge in [-0.1, -0.05) is 0 Å². The van der Waals surface area contributed by atoms with E-state index in [-0.39, 0.29) is 0 Å². The number of carboxylic acids is 1. The minimum Gasteiger partial charge on any atom is -0.480 e. The lowest BCUT2D eigenvalue weighted by Crippen LogP contribution is -2.35. The van der Waals surface area contributed by atoms with Crippen LogP contribution in [0.3, 0.4) is 0 Å². The lowest BCUT2D eigenvalue weighted by molar-refractivity contribution is -0.151. The third kappa shape index (κ3) is 4.16. The van der Waals surface area contributed by atoms with E-state index in [1.807, 2.05) is 0 Å². The molecule has 0 aromatic rings. The second-order valence-electron chi connectivity index (χ2n) is 1.54. The Balaban J connectivity index is 3.40. The molecule has 0 fully saturated rings. The van der Waals surface area contributed by atoms with Crippen LogP contribution >= 0.6 is 0 Å². The van der Waals surface area contributed by atoms with E-state index in [2.05, 4.69) is 4.74 Å². The average molecular weight is 155 g/mol. The Kier molecular flexibility index (Phi) is 3.82. The summed E-state index contributed by atoms with van der Waals surface area (Å²) in [5.74, 6) is -1.36. The average Bonchev–Trinajstić information content (AvgIpc) is 1.82. The predicted octanol–water partition coefficient (Wildman–Crippen LogP) is -0.362. The van der Waals surface area contributed by atoms with E-state index < -0.39 is 25.2 Å². The molecule has 0 aromatic carbocycles. The van der Waals surface area contributed by atoms with Crippen LogP contribution in [0.1, 0.15) is 0 Å². The highest BCUT2D eigenvalue weighted by Gasteiger charge is 2.13. The molecule has 0 radical (unpaired) electrons. The first-order valence-corrected chi connectivity index (χ1v) is 2.42. The summed E-state index contributed by atoms with van der Waals surface area (Å²) in [6, 6.07) is -1.38. The van der Waals surface area contributed by atoms with Crippen molar-refractivity contribution < 1.29 is 23.4 Å². The number of hydrogen-bond acceptors (Lipinski definition) is 3. The van der Waals surface area contributed by atoms with Crippen LogP contribution in [0, 0.1) is 0 Å². The minimum absolute atomic E-state index is 0.674. The molecule has 6 heteroatoms. The van der Waals surface area contributed by atoms with Crippen LogP contribution in [-0.2, 0) is 9.53 Å². The fourth-order valence-electron chi connectivity index (χ4n) is 0.248. The number of rotatable bonds is 4. The molecule has 1 atom stereocenters. The van der Waals surface area contributed by atoms with E-state index >= 15 is 0 Å². The number of carboxylic acid groups (broad SMARTS) is 1. The first-order valence-electron chi connectivity index (χ1n) is 2.42. The van der Waals surface area contributed by atoms with Gasteiger partial charge in [-0.15, -0.1) is 0 Å². The van der Waals surface area contributed by atoms with E-state index in [1.54, 1.807) is 0 Å². The Labute approximate surface area is 55.6 Å². The molecule has 0 aliphatic rings. The van der Waals surface area contributed by atoms with E-state index in [4.69, 9.17) is 10.8 Å². The van der Waals surface area contributed by atoms with Gasteiger partial charge < -0.3 is 15.6 Å². The highest BCUT2D eigenvalue weighted by molar-refractivity contribution is 5.73. The van der Waals surface area contributed by atoms with Crippen LogP contribution in [0.25, 0.3) is 0 Å². The molecule has 10 heavy (non-hydrogen) atoms. The van der Waals surface area contributed by atoms with Crippen molar-refractivity contribution in [1.29, 1.82) is 0 Å². The van der Waals surface area contributed by atoms with Gasteiger partial charge in [0.1, 0.15) is 6.04 Å². The molecule has 0 heterocycles. The maximum Gasteiger partial charge on any atom is 0.345 e. The van der Waals surface area contributed by atoms with E-state index in [9.17, 15) is 13.6 Å². The predicted molar refractivity (Wildman–Crippen MR) is 27.6 cm³/mol. The Morgan fingerprint density at radius 1 is 1.70 bits per heavy atom. The number of ether oxygens (including phenoxy) is 1. The van der Waals surface area contributed by atoms with Crippen molar-refractivity contribution >= 4 is 5.97 Å². The van der Waals surface area contributed by atoms with Crippen molar-refractivity contribution in [2.75, 3.05) is 6.61 Å². The standard InChI is InChI=1S/C4H7F2NO3/c5-4(6)10-1-2(7)3(8)9/h2,4H,1,7H2,(H,8,9). The van der Waals surface area contributed by atoms with Crippen LogP contribution in [0.2, 0.25) is 0 Å². The third-order valence-corrected chi connectivity index (χ3v) is 0.719. The molecule has 1 unspecified atom stereocenters. The molecular formula is C4H7F2NO3. The zero-order valence-corrected chi connectivity index (χ0v) is 4.96. The Hall–Kier alpha value is -0.750. The molecule has 0 rings (SSSR count). The number of halogens is 2. The van der Waals surface area contributed by atoms with Crippen molar-refractivity contribution in [2.45, 2.75) is 12.7 Å². The second-order valence-corrected chi connectivity index (χ2v) is 1.54. The van der Waals surface area contributed by atoms with Crippen molar-refractivity contribution in [3.8, 4) is 0 Å². The van der Waals surface area contributed by atoms with Crippen LogP contribution in [0.4, 0.5) is 8.78 Å². The van der Waals surface area contributed by atoms with Crippen LogP contribution < -0.4 is 5.73 Å². The van der Waals surface area contributed by atoms with Gasteiger partial charge in [-0.3, -0.25) is 4.79 Å². The van der Waals surface area contributed by atoms with Crippen LogP contribution in [-0.4, -0.2) is 30.3 Å². The van der Waals surface area contributed by atoms with Crippen molar-refractivity contribution in [1.82, 2.24) is 0 Å². The summed E-state index contributed by atoms with van der Waals surface area (Å²) in [5.41, 5.74) is 4.81. The van der Waals surface area contributed by atoms with Gasteiger partial charge >= 0.3 is 12.6 Å². The largest absolute Gasteiger partial charge is 0.480 e. The molecule has 0 amide bonds. The number of carbonyl (C=O) groups is 1. The second kappa shape index (κ2) is 4.13. The first kappa shape index (κ1) is 9.25. The molecule has 0 bridgehead atoms. The number of alkyl halides is 2. The lowest BCUT2D eigenvalue weighted by Gasteiger charge is -2.05. The summed E-state index contributed by atoms with van der Waals surface area (Å²) in [6.45, 7) is -3.64. The molecule has 0 saturated carbocycles. The van der Waals surface area contributed by atoms with Gasteiger partial charge in [0, 0.05) is 0 Å². The minimum atomic E-state index is -2.97. The molecule has 0 saturated heterocycles. The fourth-order valence-corrected chi connectivity index (χ4v) is 0.248. The zero-order valence-electron chi connectivity index (χ0n) is 4.96. The van der Waals surface area contributed by atoms with Gasteiger partial charge in [-0.2, -0.15) is 8.78 Å². The normalized spacial score (nSPS) is 13.6. The third-order valence-electron chi connectivity index (χ3n) is 0.719. The van der Waals surface area contributed by atoms with Crippen molar-refractivity contribution in [3.63, 3.8) is 0 Å². The Bertz CT molecular complexity index is 119. The van der Waals surface area contributed by atoms with Crippen LogP contribution in [0.5, 0.6) is 0 Å². The summed E-state index contributed by atoms with van der Waals surface area (Å²) in [5, 5.41) is 8.04. The molecular weight excluding hydrogens is 148 g/mol. The molecule has 0 aromatic heterocycles. The molecule has 3 N–H and O–H groups in total. The van der Waals surface area contributed by atoms with Gasteiger partial charge in [0.05, 0.1) is 6.61 Å². The Morgan fingerprint density at radius 2 is 2.20 bits per heavy atom. The zero-order chi connectivity index (χ0) is 8.15. The molecule has 60 valence electrons. The first-order chi connectivity index (χ1) is 4.54. The summed E-state index contributed by atoms with van der Waals surface area (Å²) in [7, 11) is 0. The van der Waals surface area contributed by atoms with E-state index in [1.165, 1.54) is 0 Å². The monoisotopic (exact) mass is 155 g/mol. The summed E-state index contributed by atoms with van der Waals surface area (Å²) in [6.07, 6.45) is 0. The van der Waals surface area contributed by atoms with Gasteiger partial charge in [0.25, 0.3) is 0 Å². The lowest BCUT2D eigenvalue weighted by atomic mass is 10.3. The summed E-state index contributed by atoms with van der Waals surface area (Å²) >= 11 is 0. The molecule has 4 nitrogen and oxygen atoms in total. The highest BCUT2D eigenvalue weighted by Crippen LogP contribution is 1.94. The topological polar surface area (TPSA) is 72.5 Å². The molecule has 0 spiro atoms. The quantitative estimate of drug-likeness (QED) is 0.581. The van der Waals surface area contributed by atoms with Crippen molar-refractivity contribution in [3.05, 3.63) is 0 Å². The van der Waals surface area contributed by atoms with Gasteiger partial charge in [-0.05, 0) is 0 Å². The smallest absolute Gasteiger partial charge is 0.345 e. The highest BCUT2D eigenvalue weighted by atomic mass is 19.3. The number of aliphatic carboxylic acids is 1. The fraction of sp³-hybridized carbons (Fsp3) is 0.750. The summed E-state index contributed by atoms with van der Waals surface area (Å²) in [4.78, 5) is 9.86. The number of hydrogen-bond donors (Lipinski definition) is 2. The maximum atomic E-state index is 11.2. The van der Waals surface area contributed by atoms with Gasteiger partial charge in [-0.25, -0.2) is 0 Å². The number of nitrogens with two attached hydrogens (primary N) is 1. The van der Waals surface area contributed by atoms with E-state index in [0.717, 1.165) is 0 Å².